The van der Waals surface area contributed by atoms with Gasteiger partial charge in [-0.05, 0) is 70.0 Å². The van der Waals surface area contributed by atoms with Crippen molar-refractivity contribution in [1.29, 1.82) is 0 Å². The highest BCUT2D eigenvalue weighted by molar-refractivity contribution is 5.72. The molecule has 2 saturated heterocycles. The number of fused-ring (bicyclic) bond motifs is 1. The summed E-state index contributed by atoms with van der Waals surface area (Å²) in [7, 11) is 1.54. The first-order valence-corrected chi connectivity index (χ1v) is 9.26. The number of likely N-dealkylation sites (tertiary alicyclic amines) is 1. The van der Waals surface area contributed by atoms with E-state index in [1.54, 1.807) is 0 Å². The quantitative estimate of drug-likeness (QED) is 0.796. The molecule has 126 valence electrons. The lowest BCUT2D eigenvalue weighted by atomic mass is 9.72. The second-order valence-corrected chi connectivity index (χ2v) is 7.61. The third-order valence-corrected chi connectivity index (χ3v) is 6.33. The summed E-state index contributed by atoms with van der Waals surface area (Å²) in [6.07, 6.45) is 8.71. The topological polar surface area (TPSA) is 41.6 Å². The largest absolute Gasteiger partial charge is 0.469 e. The standard InChI is InChI=1S/C18H32N2O2/c1-13-8-9-19-17-14(12-15(13)18(21)22-2)6-5-7-16(17)20-10-3-4-11-20/h13-17,19H,3-12H2,1-2H3/t13?,14-,15?,16-,17+/m0/s1. The summed E-state index contributed by atoms with van der Waals surface area (Å²) in [4.78, 5) is 14.9. The van der Waals surface area contributed by atoms with Crippen LogP contribution in [0.15, 0.2) is 0 Å². The van der Waals surface area contributed by atoms with Gasteiger partial charge in [0.1, 0.15) is 0 Å². The van der Waals surface area contributed by atoms with Crippen LogP contribution < -0.4 is 5.32 Å². The third kappa shape index (κ3) is 3.33. The molecule has 4 heteroatoms. The summed E-state index contributed by atoms with van der Waals surface area (Å²) in [6, 6.07) is 1.26. The van der Waals surface area contributed by atoms with E-state index in [0.29, 0.717) is 23.9 Å². The van der Waals surface area contributed by atoms with Gasteiger partial charge in [0.25, 0.3) is 0 Å². The number of nitrogens with one attached hydrogen (secondary N) is 1. The van der Waals surface area contributed by atoms with Crippen molar-refractivity contribution in [2.75, 3.05) is 26.7 Å². The highest BCUT2D eigenvalue weighted by Gasteiger charge is 2.41. The Labute approximate surface area is 135 Å². The number of methoxy groups -OCH3 is 1. The normalized spacial score (nSPS) is 40.5. The molecule has 0 amide bonds. The molecule has 0 aromatic rings. The van der Waals surface area contributed by atoms with Gasteiger partial charge in [-0.3, -0.25) is 9.69 Å². The fourth-order valence-electron chi connectivity index (χ4n) is 5.03. The van der Waals surface area contributed by atoms with Gasteiger partial charge >= 0.3 is 5.97 Å². The minimum absolute atomic E-state index is 0.0106. The molecule has 2 unspecified atom stereocenters. The van der Waals surface area contributed by atoms with Gasteiger partial charge in [0.05, 0.1) is 13.0 Å². The first-order valence-electron chi connectivity index (χ1n) is 9.26. The molecule has 2 aliphatic heterocycles. The molecule has 1 aliphatic carbocycles. The lowest BCUT2D eigenvalue weighted by molar-refractivity contribution is -0.148. The van der Waals surface area contributed by atoms with Crippen LogP contribution in [-0.4, -0.2) is 49.7 Å². The number of hydrogen-bond acceptors (Lipinski definition) is 4. The Morgan fingerprint density at radius 1 is 1.14 bits per heavy atom. The van der Waals surface area contributed by atoms with Crippen LogP contribution in [0.4, 0.5) is 0 Å². The Balaban J connectivity index is 1.74. The van der Waals surface area contributed by atoms with E-state index >= 15 is 0 Å². The SMILES string of the molecule is COC(=O)C1C[C@@H]2CCC[C@H](N3CCCC3)[C@@H]2NCCC1C. The molecule has 2 heterocycles. The summed E-state index contributed by atoms with van der Waals surface area (Å²) >= 11 is 0. The molecule has 5 atom stereocenters. The Morgan fingerprint density at radius 3 is 2.64 bits per heavy atom. The van der Waals surface area contributed by atoms with Gasteiger partial charge < -0.3 is 10.1 Å². The highest BCUT2D eigenvalue weighted by Crippen LogP contribution is 2.37. The van der Waals surface area contributed by atoms with E-state index in [9.17, 15) is 4.79 Å². The fraction of sp³-hybridized carbons (Fsp3) is 0.944. The summed E-state index contributed by atoms with van der Waals surface area (Å²) in [5.41, 5.74) is 0. The average molecular weight is 308 g/mol. The molecule has 3 rings (SSSR count). The van der Waals surface area contributed by atoms with Crippen LogP contribution in [0.3, 0.4) is 0 Å². The Hall–Kier alpha value is -0.610. The smallest absolute Gasteiger partial charge is 0.308 e. The van der Waals surface area contributed by atoms with Gasteiger partial charge in [-0.1, -0.05) is 13.3 Å². The molecule has 0 aromatic carbocycles. The van der Waals surface area contributed by atoms with Gasteiger partial charge in [-0.2, -0.15) is 0 Å². The van der Waals surface area contributed by atoms with Gasteiger partial charge in [-0.15, -0.1) is 0 Å². The zero-order chi connectivity index (χ0) is 15.5. The lowest BCUT2D eigenvalue weighted by Crippen LogP contribution is -2.56. The summed E-state index contributed by atoms with van der Waals surface area (Å²) in [5, 5.41) is 3.86. The van der Waals surface area contributed by atoms with E-state index in [0.717, 1.165) is 19.4 Å². The number of carbonyl (C=O) groups is 1. The monoisotopic (exact) mass is 308 g/mol. The van der Waals surface area contributed by atoms with Crippen LogP contribution in [-0.2, 0) is 9.53 Å². The maximum Gasteiger partial charge on any atom is 0.308 e. The van der Waals surface area contributed by atoms with Crippen molar-refractivity contribution < 1.29 is 9.53 Å². The van der Waals surface area contributed by atoms with Crippen LogP contribution in [0.2, 0.25) is 0 Å². The van der Waals surface area contributed by atoms with E-state index in [4.69, 9.17) is 4.74 Å². The zero-order valence-electron chi connectivity index (χ0n) is 14.2. The van der Waals surface area contributed by atoms with Gasteiger partial charge in [0.2, 0.25) is 0 Å². The molecule has 0 spiro atoms. The second kappa shape index (κ2) is 7.31. The molecule has 3 aliphatic rings. The van der Waals surface area contributed by atoms with Gasteiger partial charge in [-0.25, -0.2) is 0 Å². The Morgan fingerprint density at radius 2 is 1.91 bits per heavy atom. The van der Waals surface area contributed by atoms with E-state index in [1.165, 1.54) is 52.3 Å². The van der Waals surface area contributed by atoms with Crippen molar-refractivity contribution in [2.45, 2.75) is 64.0 Å². The molecule has 0 radical (unpaired) electrons. The van der Waals surface area contributed by atoms with Crippen molar-refractivity contribution in [3.05, 3.63) is 0 Å². The number of carbonyl (C=O) groups excluding carboxylic acids is 1. The van der Waals surface area contributed by atoms with Gasteiger partial charge in [0.15, 0.2) is 0 Å². The minimum atomic E-state index is 0.0106. The highest BCUT2D eigenvalue weighted by atomic mass is 16.5. The van der Waals surface area contributed by atoms with Crippen molar-refractivity contribution in [3.63, 3.8) is 0 Å². The predicted molar refractivity (Wildman–Crippen MR) is 87.6 cm³/mol. The van der Waals surface area contributed by atoms with Crippen LogP contribution in [0.1, 0.15) is 51.9 Å². The maximum absolute atomic E-state index is 12.2. The van der Waals surface area contributed by atoms with Crippen molar-refractivity contribution in [2.24, 2.45) is 17.8 Å². The predicted octanol–water partition coefficient (Wildman–Crippen LogP) is 2.43. The minimum Gasteiger partial charge on any atom is -0.469 e. The molecule has 22 heavy (non-hydrogen) atoms. The molecular weight excluding hydrogens is 276 g/mol. The number of esters is 1. The first-order chi connectivity index (χ1) is 10.7. The first kappa shape index (κ1) is 16.3. The van der Waals surface area contributed by atoms with Gasteiger partial charge in [0, 0.05) is 12.1 Å². The summed E-state index contributed by atoms with van der Waals surface area (Å²) in [6.45, 7) is 5.79. The Bertz CT molecular complexity index is 381. The second-order valence-electron chi connectivity index (χ2n) is 7.61. The molecule has 3 fully saturated rings. The maximum atomic E-state index is 12.2. The van der Waals surface area contributed by atoms with Crippen LogP contribution >= 0.6 is 0 Å². The van der Waals surface area contributed by atoms with E-state index in [2.05, 4.69) is 17.1 Å². The number of hydrogen-bond donors (Lipinski definition) is 1. The van der Waals surface area contributed by atoms with Crippen molar-refractivity contribution >= 4 is 5.97 Å². The van der Waals surface area contributed by atoms with Crippen LogP contribution in [0.5, 0.6) is 0 Å². The number of nitrogens with zero attached hydrogens (tertiary/aromatic N) is 1. The zero-order valence-corrected chi connectivity index (χ0v) is 14.2. The van der Waals surface area contributed by atoms with E-state index in [-0.39, 0.29) is 11.9 Å². The number of ether oxygens (including phenoxy) is 1. The van der Waals surface area contributed by atoms with Crippen LogP contribution in [0, 0.1) is 17.8 Å². The van der Waals surface area contributed by atoms with E-state index in [1.807, 2.05) is 0 Å². The molecule has 0 bridgehead atoms. The molecule has 0 aromatic heterocycles. The average Bonchev–Trinajstić information content (AvgIpc) is 3.04. The summed E-state index contributed by atoms with van der Waals surface area (Å²) < 4.78 is 5.09. The molecule has 1 N–H and O–H groups in total. The summed E-state index contributed by atoms with van der Waals surface area (Å²) in [5.74, 6) is 1.16. The van der Waals surface area contributed by atoms with Crippen molar-refractivity contribution in [1.82, 2.24) is 10.2 Å². The third-order valence-electron chi connectivity index (χ3n) is 6.33. The van der Waals surface area contributed by atoms with Crippen molar-refractivity contribution in [3.8, 4) is 0 Å². The fourth-order valence-corrected chi connectivity index (χ4v) is 5.03. The van der Waals surface area contributed by atoms with E-state index < -0.39 is 0 Å². The molecule has 1 saturated carbocycles. The lowest BCUT2D eigenvalue weighted by Gasteiger charge is -2.45. The Kier molecular flexibility index (Phi) is 5.40. The number of rotatable bonds is 2. The molecular formula is C18H32N2O2. The van der Waals surface area contributed by atoms with Crippen LogP contribution in [0.25, 0.3) is 0 Å². The molecule has 4 nitrogen and oxygen atoms in total.